The molecule has 0 spiro atoms. The second kappa shape index (κ2) is 17.0. The molecule has 0 saturated carbocycles. The Morgan fingerprint density at radius 2 is 1.77 bits per heavy atom. The summed E-state index contributed by atoms with van der Waals surface area (Å²) in [6.07, 6.45) is 9.44. The van der Waals surface area contributed by atoms with Gasteiger partial charge in [-0.1, -0.05) is 68.5 Å². The quantitative estimate of drug-likeness (QED) is 0.201. The number of nitrogens with zero attached hydrogens (tertiary/aromatic N) is 3. The van der Waals surface area contributed by atoms with Crippen molar-refractivity contribution in [2.45, 2.75) is 88.9 Å². The molecule has 3 aromatic rings. The average Bonchev–Trinajstić information content (AvgIpc) is 3.76. The summed E-state index contributed by atoms with van der Waals surface area (Å²) in [5, 5.41) is 7.29. The van der Waals surface area contributed by atoms with Gasteiger partial charge < -0.3 is 25.8 Å². The van der Waals surface area contributed by atoms with Crippen LogP contribution in [-0.2, 0) is 27.2 Å². The summed E-state index contributed by atoms with van der Waals surface area (Å²) in [5.41, 5.74) is 7.04. The van der Waals surface area contributed by atoms with Gasteiger partial charge in [0.1, 0.15) is 12.1 Å². The fraction of sp³-hybridized carbons (Fsp3) is 0.500. The monoisotopic (exact) mass is 659 g/mol. The first kappa shape index (κ1) is 36.3. The number of hydrogen-bond donors (Lipinski definition) is 2. The van der Waals surface area contributed by atoms with Crippen molar-refractivity contribution in [1.82, 2.24) is 20.0 Å². The van der Waals surface area contributed by atoms with E-state index in [4.69, 9.17) is 5.73 Å². The van der Waals surface area contributed by atoms with Gasteiger partial charge in [-0.2, -0.15) is 0 Å². The maximum absolute atomic E-state index is 14.5. The Balaban J connectivity index is 1.58. The number of thiophene rings is 1. The molecule has 254 valence electrons. The fourth-order valence-corrected chi connectivity index (χ4v) is 7.16. The molecule has 3 unspecified atom stereocenters. The fourth-order valence-electron chi connectivity index (χ4n) is 6.42. The van der Waals surface area contributed by atoms with Crippen LogP contribution in [0.25, 0.3) is 10.8 Å². The van der Waals surface area contributed by atoms with E-state index in [1.807, 2.05) is 53.9 Å². The lowest BCUT2D eigenvalue weighted by atomic mass is 9.90. The Kier molecular flexibility index (Phi) is 13.2. The van der Waals surface area contributed by atoms with Crippen LogP contribution in [0.5, 0.6) is 0 Å². The molecule has 0 radical (unpaired) electrons. The van der Waals surface area contributed by atoms with E-state index in [1.165, 1.54) is 17.4 Å². The lowest BCUT2D eigenvalue weighted by Crippen LogP contribution is -2.56. The van der Waals surface area contributed by atoms with Gasteiger partial charge in [-0.3, -0.25) is 14.4 Å². The highest BCUT2D eigenvalue weighted by molar-refractivity contribution is 7.09. The molecule has 8 nitrogen and oxygen atoms in total. The number of benzene rings is 2. The van der Waals surface area contributed by atoms with Crippen LogP contribution in [-0.4, -0.2) is 90.3 Å². The first-order valence-corrected chi connectivity index (χ1v) is 17.9. The number of nitrogens with one attached hydrogen (secondary N) is 1. The Hall–Kier alpha value is -3.53. The van der Waals surface area contributed by atoms with Crippen LogP contribution in [0, 0.1) is 0 Å². The zero-order chi connectivity index (χ0) is 34.0. The molecule has 1 aliphatic heterocycles. The van der Waals surface area contributed by atoms with E-state index >= 15 is 0 Å². The Labute approximate surface area is 285 Å². The molecule has 3 N–H and O–H groups in total. The topological polar surface area (TPSA) is 99.0 Å². The van der Waals surface area contributed by atoms with Gasteiger partial charge in [-0.05, 0) is 86.0 Å². The molecule has 47 heavy (non-hydrogen) atoms. The van der Waals surface area contributed by atoms with Crippen molar-refractivity contribution in [3.63, 3.8) is 0 Å². The molecule has 9 heteroatoms. The Bertz CT molecular complexity index is 1500. The lowest BCUT2D eigenvalue weighted by molar-refractivity contribution is -0.146. The third kappa shape index (κ3) is 9.75. The van der Waals surface area contributed by atoms with E-state index in [-0.39, 0.29) is 23.3 Å². The van der Waals surface area contributed by atoms with Crippen molar-refractivity contribution in [2.75, 3.05) is 34.2 Å². The number of rotatable bonds is 16. The highest BCUT2D eigenvalue weighted by Gasteiger charge is 2.35. The minimum Gasteiger partial charge on any atom is -0.354 e. The van der Waals surface area contributed by atoms with Crippen molar-refractivity contribution < 1.29 is 14.4 Å². The van der Waals surface area contributed by atoms with E-state index in [0.717, 1.165) is 53.4 Å². The van der Waals surface area contributed by atoms with Gasteiger partial charge in [0.25, 0.3) is 0 Å². The lowest BCUT2D eigenvalue weighted by Gasteiger charge is -2.34. The van der Waals surface area contributed by atoms with Gasteiger partial charge in [0, 0.05) is 49.9 Å². The zero-order valence-electron chi connectivity index (χ0n) is 28.8. The summed E-state index contributed by atoms with van der Waals surface area (Å²) in [5.74, 6) is -0.719. The van der Waals surface area contributed by atoms with Crippen LogP contribution in [0.1, 0.15) is 62.8 Å². The zero-order valence-corrected chi connectivity index (χ0v) is 29.6. The van der Waals surface area contributed by atoms with Crippen molar-refractivity contribution in [2.24, 2.45) is 5.73 Å². The van der Waals surface area contributed by atoms with Crippen molar-refractivity contribution in [3.05, 3.63) is 82.6 Å². The largest absolute Gasteiger partial charge is 0.354 e. The molecule has 3 atom stereocenters. The van der Waals surface area contributed by atoms with Gasteiger partial charge in [-0.25, -0.2) is 0 Å². The van der Waals surface area contributed by atoms with E-state index in [2.05, 4.69) is 43.2 Å². The normalized spacial score (nSPS) is 16.8. The van der Waals surface area contributed by atoms with Crippen molar-refractivity contribution in [3.8, 4) is 0 Å². The van der Waals surface area contributed by atoms with Gasteiger partial charge in [0.2, 0.25) is 17.7 Å². The number of fused-ring (bicyclic) bond motifs is 1. The minimum absolute atomic E-state index is 0.174. The Morgan fingerprint density at radius 3 is 2.43 bits per heavy atom. The number of nitrogens with two attached hydrogens (primary N) is 1. The van der Waals surface area contributed by atoms with Crippen LogP contribution in [0.15, 0.2) is 72.1 Å². The molecule has 2 aromatic carbocycles. The Morgan fingerprint density at radius 1 is 1.02 bits per heavy atom. The van der Waals surface area contributed by atoms with Crippen LogP contribution < -0.4 is 11.1 Å². The molecule has 0 aliphatic carbocycles. The molecule has 4 rings (SSSR count). The van der Waals surface area contributed by atoms with Crippen molar-refractivity contribution >= 4 is 39.8 Å². The molecule has 3 amide bonds. The SMILES string of the molecule is CCC(N)(CC)C/C=C/C(=O)N(C)C(Cc1ccc2ccccc2c1)C(=O)N(C)C(Cc1cccs1)C(=O)NCCC1CCCN1C. The molecule has 2 heterocycles. The number of amides is 3. The first-order valence-electron chi connectivity index (χ1n) is 17.0. The summed E-state index contributed by atoms with van der Waals surface area (Å²) in [7, 11) is 5.50. The van der Waals surface area contributed by atoms with E-state index in [9.17, 15) is 14.4 Å². The number of likely N-dealkylation sites (tertiary alicyclic amines) is 1. The maximum Gasteiger partial charge on any atom is 0.246 e. The molecule has 1 fully saturated rings. The number of carbonyl (C=O) groups excluding carboxylic acids is 3. The predicted molar refractivity (Wildman–Crippen MR) is 193 cm³/mol. The maximum atomic E-state index is 14.5. The van der Waals surface area contributed by atoms with Crippen LogP contribution in [0.4, 0.5) is 0 Å². The second-order valence-corrected chi connectivity index (χ2v) is 14.2. The summed E-state index contributed by atoms with van der Waals surface area (Å²) >= 11 is 1.57. The highest BCUT2D eigenvalue weighted by atomic mass is 32.1. The molecule has 1 aromatic heterocycles. The third-order valence-electron chi connectivity index (χ3n) is 10.1. The third-order valence-corrected chi connectivity index (χ3v) is 11.0. The van der Waals surface area contributed by atoms with Gasteiger partial charge >= 0.3 is 0 Å². The molecule has 0 bridgehead atoms. The highest BCUT2D eigenvalue weighted by Crippen LogP contribution is 2.22. The van der Waals surface area contributed by atoms with E-state index in [1.54, 1.807) is 30.3 Å². The van der Waals surface area contributed by atoms with E-state index < -0.39 is 12.1 Å². The van der Waals surface area contributed by atoms with Crippen LogP contribution >= 0.6 is 11.3 Å². The van der Waals surface area contributed by atoms with Gasteiger partial charge in [0.05, 0.1) is 0 Å². The standard InChI is InChI=1S/C38H53N5O3S/c1-6-38(39,7-2)21-10-17-35(44)42(4)34(26-28-18-19-29-13-8-9-14-30(29)25-28)37(46)43(5)33(27-32-16-12-24-47-32)36(45)40-22-20-31-15-11-23-41(31)3/h8-10,12-14,16-19,24-25,31,33-34H,6-7,11,15,20-23,26-27,39H2,1-5H3,(H,40,45)/b17-10+. The van der Waals surface area contributed by atoms with Crippen LogP contribution in [0.2, 0.25) is 0 Å². The predicted octanol–water partition coefficient (Wildman–Crippen LogP) is 5.40. The van der Waals surface area contributed by atoms with Gasteiger partial charge in [0.15, 0.2) is 0 Å². The summed E-state index contributed by atoms with van der Waals surface area (Å²) in [4.78, 5) is 48.3. The minimum atomic E-state index is -0.816. The number of hydrogen-bond acceptors (Lipinski definition) is 6. The number of likely N-dealkylation sites (N-methyl/N-ethyl adjacent to an activating group) is 2. The molecule has 1 saturated heterocycles. The summed E-state index contributed by atoms with van der Waals surface area (Å²) in [6, 6.07) is 17.1. The van der Waals surface area contributed by atoms with Gasteiger partial charge in [-0.15, -0.1) is 11.3 Å². The smallest absolute Gasteiger partial charge is 0.246 e. The molecule has 1 aliphatic rings. The summed E-state index contributed by atoms with van der Waals surface area (Å²) in [6.45, 7) is 5.74. The van der Waals surface area contributed by atoms with Crippen LogP contribution in [0.3, 0.4) is 0 Å². The van der Waals surface area contributed by atoms with Crippen molar-refractivity contribution in [1.29, 1.82) is 0 Å². The molecular formula is C38H53N5O3S. The van der Waals surface area contributed by atoms with E-state index in [0.29, 0.717) is 31.8 Å². The first-order chi connectivity index (χ1) is 22.5. The number of carbonyl (C=O) groups is 3. The average molecular weight is 660 g/mol. The second-order valence-electron chi connectivity index (χ2n) is 13.1. The molecular weight excluding hydrogens is 607 g/mol. The summed E-state index contributed by atoms with van der Waals surface area (Å²) < 4.78 is 0.